The van der Waals surface area contributed by atoms with Gasteiger partial charge in [-0.25, -0.2) is 0 Å². The first kappa shape index (κ1) is 11.1. The van der Waals surface area contributed by atoms with Gasteiger partial charge in [-0.2, -0.15) is 0 Å². The van der Waals surface area contributed by atoms with E-state index in [1.54, 1.807) is 6.07 Å². The van der Waals surface area contributed by atoms with Gasteiger partial charge in [-0.05, 0) is 31.1 Å². The van der Waals surface area contributed by atoms with E-state index in [1.165, 1.54) is 16.7 Å². The molecule has 1 N–H and O–H groups in total. The Labute approximate surface area is 106 Å². The second kappa shape index (κ2) is 3.74. The molecule has 0 radical (unpaired) electrons. The van der Waals surface area contributed by atoms with Crippen LogP contribution in [-0.2, 0) is 0 Å². The van der Waals surface area contributed by atoms with Crippen molar-refractivity contribution < 1.29 is 4.92 Å². The molecule has 1 aliphatic carbocycles. The van der Waals surface area contributed by atoms with Gasteiger partial charge in [0.15, 0.2) is 4.77 Å². The molecule has 0 aliphatic heterocycles. The molecule has 1 heterocycles. The maximum Gasteiger partial charge on any atom is 0.284 e. The van der Waals surface area contributed by atoms with Gasteiger partial charge >= 0.3 is 0 Å². The van der Waals surface area contributed by atoms with E-state index in [-0.39, 0.29) is 22.7 Å². The van der Waals surface area contributed by atoms with Gasteiger partial charge in [0.2, 0.25) is 0 Å². The standard InChI is InChI=1S/C11H9N3O3S/c15-10-9-7(2-1-3-8(9)14(16)17)12-11(18)13(10)6-4-5-6/h1-3,6H,4-5H2,(H,12,18). The number of rotatable bonds is 2. The maximum atomic E-state index is 12.3. The van der Waals surface area contributed by atoms with Crippen molar-refractivity contribution in [2.75, 3.05) is 0 Å². The normalized spacial score (nSPS) is 14.9. The van der Waals surface area contributed by atoms with Crippen LogP contribution < -0.4 is 5.56 Å². The smallest absolute Gasteiger partial charge is 0.284 e. The third-order valence-corrected chi connectivity index (χ3v) is 3.34. The highest BCUT2D eigenvalue weighted by atomic mass is 32.1. The Bertz CT molecular complexity index is 773. The third kappa shape index (κ3) is 1.55. The number of benzene rings is 1. The molecule has 1 saturated carbocycles. The molecular weight excluding hydrogens is 254 g/mol. The van der Waals surface area contributed by atoms with Crippen LogP contribution in [0.1, 0.15) is 18.9 Å². The molecule has 2 aromatic rings. The number of nitro benzene ring substituents is 1. The number of H-pyrrole nitrogens is 1. The molecule has 3 rings (SSSR count). The summed E-state index contributed by atoms with van der Waals surface area (Å²) in [7, 11) is 0. The highest BCUT2D eigenvalue weighted by Gasteiger charge is 2.28. The average Bonchev–Trinajstić information content (AvgIpc) is 3.12. The average molecular weight is 263 g/mol. The second-order valence-electron chi connectivity index (χ2n) is 4.29. The maximum absolute atomic E-state index is 12.3. The van der Waals surface area contributed by atoms with E-state index in [0.29, 0.717) is 10.3 Å². The number of non-ortho nitro benzene ring substituents is 1. The number of hydrogen-bond acceptors (Lipinski definition) is 4. The molecule has 0 atom stereocenters. The minimum absolute atomic E-state index is 0.0884. The SMILES string of the molecule is O=c1c2c([N+](=O)[O-])cccc2[nH]c(=S)n1C1CC1. The number of aromatic nitrogens is 2. The lowest BCUT2D eigenvalue weighted by atomic mass is 10.2. The van der Waals surface area contributed by atoms with E-state index in [1.807, 2.05) is 0 Å². The quantitative estimate of drug-likeness (QED) is 0.512. The van der Waals surface area contributed by atoms with Crippen molar-refractivity contribution >= 4 is 28.8 Å². The Morgan fingerprint density at radius 1 is 1.44 bits per heavy atom. The van der Waals surface area contributed by atoms with Crippen LogP contribution >= 0.6 is 12.2 Å². The summed E-state index contributed by atoms with van der Waals surface area (Å²) in [6.45, 7) is 0. The molecule has 0 amide bonds. The highest BCUT2D eigenvalue weighted by molar-refractivity contribution is 7.71. The second-order valence-corrected chi connectivity index (χ2v) is 4.68. The summed E-state index contributed by atoms with van der Waals surface area (Å²) in [5.74, 6) is 0. The van der Waals surface area contributed by atoms with Crippen molar-refractivity contribution in [1.82, 2.24) is 9.55 Å². The van der Waals surface area contributed by atoms with Gasteiger partial charge < -0.3 is 4.98 Å². The molecule has 1 aliphatic rings. The van der Waals surface area contributed by atoms with Crippen molar-refractivity contribution in [1.29, 1.82) is 0 Å². The van der Waals surface area contributed by atoms with E-state index in [2.05, 4.69) is 4.98 Å². The van der Waals surface area contributed by atoms with Crippen molar-refractivity contribution in [2.45, 2.75) is 18.9 Å². The van der Waals surface area contributed by atoms with Gasteiger partial charge in [0, 0.05) is 12.1 Å². The molecule has 0 spiro atoms. The summed E-state index contributed by atoms with van der Waals surface area (Å²) in [4.78, 5) is 25.6. The number of nitro groups is 1. The zero-order valence-corrected chi connectivity index (χ0v) is 10.1. The topological polar surface area (TPSA) is 80.9 Å². The highest BCUT2D eigenvalue weighted by Crippen LogP contribution is 2.34. The molecule has 1 fully saturated rings. The summed E-state index contributed by atoms with van der Waals surface area (Å²) < 4.78 is 1.78. The van der Waals surface area contributed by atoms with Crippen LogP contribution in [0.3, 0.4) is 0 Å². The fourth-order valence-corrected chi connectivity index (χ4v) is 2.42. The minimum Gasteiger partial charge on any atom is -0.331 e. The lowest BCUT2D eigenvalue weighted by Crippen LogP contribution is -2.21. The van der Waals surface area contributed by atoms with Crippen molar-refractivity contribution in [3.8, 4) is 0 Å². The number of hydrogen-bond donors (Lipinski definition) is 1. The van der Waals surface area contributed by atoms with Crippen LogP contribution in [0, 0.1) is 14.9 Å². The van der Waals surface area contributed by atoms with Crippen molar-refractivity contribution in [3.63, 3.8) is 0 Å². The van der Waals surface area contributed by atoms with E-state index >= 15 is 0 Å². The number of aromatic amines is 1. The molecule has 0 bridgehead atoms. The van der Waals surface area contributed by atoms with Gasteiger partial charge in [-0.3, -0.25) is 19.5 Å². The van der Waals surface area contributed by atoms with Crippen LogP contribution in [-0.4, -0.2) is 14.5 Å². The van der Waals surface area contributed by atoms with Gasteiger partial charge in [0.1, 0.15) is 5.39 Å². The largest absolute Gasteiger partial charge is 0.331 e. The van der Waals surface area contributed by atoms with Gasteiger partial charge in [-0.1, -0.05) is 6.07 Å². The Morgan fingerprint density at radius 3 is 2.78 bits per heavy atom. The molecular formula is C11H9N3O3S. The Morgan fingerprint density at radius 2 is 2.17 bits per heavy atom. The first-order chi connectivity index (χ1) is 8.59. The fraction of sp³-hybridized carbons (Fsp3) is 0.273. The molecule has 1 aromatic heterocycles. The Balaban J connectivity index is 2.48. The summed E-state index contributed by atoms with van der Waals surface area (Å²) in [6, 6.07) is 4.58. The molecule has 18 heavy (non-hydrogen) atoms. The lowest BCUT2D eigenvalue weighted by Gasteiger charge is -2.06. The predicted octanol–water partition coefficient (Wildman–Crippen LogP) is 2.30. The van der Waals surface area contributed by atoms with Crippen molar-refractivity contribution in [2.24, 2.45) is 0 Å². The summed E-state index contributed by atoms with van der Waals surface area (Å²) in [5, 5.41) is 11.1. The molecule has 7 heteroatoms. The van der Waals surface area contributed by atoms with Gasteiger partial charge in [-0.15, -0.1) is 0 Å². The van der Waals surface area contributed by atoms with Crippen LogP contribution in [0.2, 0.25) is 0 Å². The summed E-state index contributed by atoms with van der Waals surface area (Å²) >= 11 is 5.13. The zero-order valence-electron chi connectivity index (χ0n) is 9.25. The molecule has 92 valence electrons. The first-order valence-corrected chi connectivity index (χ1v) is 5.92. The number of nitrogens with zero attached hydrogens (tertiary/aromatic N) is 2. The summed E-state index contributed by atoms with van der Waals surface area (Å²) in [5.41, 5.74) is -0.141. The van der Waals surface area contributed by atoms with Gasteiger partial charge in [0.05, 0.1) is 10.4 Å². The first-order valence-electron chi connectivity index (χ1n) is 5.51. The lowest BCUT2D eigenvalue weighted by molar-refractivity contribution is -0.383. The van der Waals surface area contributed by atoms with E-state index in [0.717, 1.165) is 12.8 Å². The van der Waals surface area contributed by atoms with E-state index in [4.69, 9.17) is 12.2 Å². The minimum atomic E-state index is -0.544. The fourth-order valence-electron chi connectivity index (χ4n) is 2.07. The Kier molecular flexibility index (Phi) is 2.30. The molecule has 0 saturated heterocycles. The monoisotopic (exact) mass is 263 g/mol. The van der Waals surface area contributed by atoms with Crippen molar-refractivity contribution in [3.05, 3.63) is 43.4 Å². The zero-order chi connectivity index (χ0) is 12.9. The van der Waals surface area contributed by atoms with Gasteiger partial charge in [0.25, 0.3) is 11.2 Å². The van der Waals surface area contributed by atoms with Crippen LogP contribution in [0.25, 0.3) is 10.9 Å². The summed E-state index contributed by atoms with van der Waals surface area (Å²) in [6.07, 6.45) is 1.78. The van der Waals surface area contributed by atoms with Crippen LogP contribution in [0.4, 0.5) is 5.69 Å². The number of fused-ring (bicyclic) bond motifs is 1. The number of nitrogens with one attached hydrogen (secondary N) is 1. The van der Waals surface area contributed by atoms with E-state index in [9.17, 15) is 14.9 Å². The molecule has 0 unspecified atom stereocenters. The molecule has 6 nitrogen and oxygen atoms in total. The third-order valence-electron chi connectivity index (χ3n) is 3.04. The van der Waals surface area contributed by atoms with E-state index < -0.39 is 4.92 Å². The Hall–Kier alpha value is -2.02. The van der Waals surface area contributed by atoms with Crippen LogP contribution in [0.5, 0.6) is 0 Å². The predicted molar refractivity (Wildman–Crippen MR) is 68.3 cm³/mol. The van der Waals surface area contributed by atoms with Crippen LogP contribution in [0.15, 0.2) is 23.0 Å². The molecule has 1 aromatic carbocycles.